The molecule has 0 amide bonds. The van der Waals surface area contributed by atoms with E-state index in [1.165, 1.54) is 11.2 Å². The number of halogens is 4. The lowest BCUT2D eigenvalue weighted by molar-refractivity contribution is -0.137. The van der Waals surface area contributed by atoms with E-state index >= 15 is 0 Å². The summed E-state index contributed by atoms with van der Waals surface area (Å²) in [4.78, 5) is -0.0411. The van der Waals surface area contributed by atoms with Crippen molar-refractivity contribution in [1.82, 2.24) is 9.62 Å². The smallest absolute Gasteiger partial charge is 0.317 e. The first-order valence-electron chi connectivity index (χ1n) is 8.05. The Hall–Kier alpha value is -0.830. The number of alkyl halides is 3. The van der Waals surface area contributed by atoms with Gasteiger partial charge in [0.2, 0.25) is 10.0 Å². The molecule has 9 heteroatoms. The number of aryl methyl sites for hydroxylation is 1. The van der Waals surface area contributed by atoms with E-state index in [0.29, 0.717) is 19.0 Å². The zero-order valence-corrected chi connectivity index (χ0v) is 15.9. The molecule has 0 aromatic heterocycles. The van der Waals surface area contributed by atoms with Crippen molar-refractivity contribution in [3.05, 3.63) is 29.3 Å². The lowest BCUT2D eigenvalue weighted by atomic mass is 9.98. The fourth-order valence-corrected chi connectivity index (χ4v) is 4.63. The Morgan fingerprint density at radius 2 is 1.84 bits per heavy atom. The topological polar surface area (TPSA) is 49.4 Å². The van der Waals surface area contributed by atoms with Crippen molar-refractivity contribution in [1.29, 1.82) is 0 Å². The first kappa shape index (κ1) is 22.2. The number of benzene rings is 1. The van der Waals surface area contributed by atoms with Gasteiger partial charge in [-0.3, -0.25) is 0 Å². The third kappa shape index (κ3) is 5.32. The van der Waals surface area contributed by atoms with Crippen LogP contribution in [0.1, 0.15) is 30.9 Å². The zero-order chi connectivity index (χ0) is 18.0. The highest BCUT2D eigenvalue weighted by atomic mass is 35.5. The van der Waals surface area contributed by atoms with Crippen LogP contribution in [0, 0.1) is 12.8 Å². The first-order chi connectivity index (χ1) is 11.2. The predicted molar refractivity (Wildman–Crippen MR) is 93.5 cm³/mol. The lowest BCUT2D eigenvalue weighted by Crippen LogP contribution is -2.40. The Balaban J connectivity index is 0.00000312. The van der Waals surface area contributed by atoms with Gasteiger partial charge >= 0.3 is 6.18 Å². The number of nitrogens with zero attached hydrogens (tertiary/aromatic N) is 1. The standard InChI is InChI=1S/C16H23F3N2O2S.ClH/c1-3-20-11-13-6-8-21(9-7-13)24(22,23)15-5-4-14(10-12(15)2)16(17,18)19;/h4-5,10,13,20H,3,6-9,11H2,1-2H3;1H. The van der Waals surface area contributed by atoms with Crippen LogP contribution in [0.2, 0.25) is 0 Å². The minimum Gasteiger partial charge on any atom is -0.317 e. The monoisotopic (exact) mass is 400 g/mol. The minimum absolute atomic E-state index is 0. The highest BCUT2D eigenvalue weighted by molar-refractivity contribution is 7.89. The van der Waals surface area contributed by atoms with Crippen LogP contribution in [0.25, 0.3) is 0 Å². The van der Waals surface area contributed by atoms with Gasteiger partial charge in [-0.2, -0.15) is 17.5 Å². The number of sulfonamides is 1. The number of nitrogens with one attached hydrogen (secondary N) is 1. The molecule has 1 N–H and O–H groups in total. The third-order valence-corrected chi connectivity index (χ3v) is 6.44. The van der Waals surface area contributed by atoms with E-state index in [-0.39, 0.29) is 22.9 Å². The molecule has 0 radical (unpaired) electrons. The molecular formula is C16H24ClF3N2O2S. The fourth-order valence-electron chi connectivity index (χ4n) is 2.96. The van der Waals surface area contributed by atoms with Crippen LogP contribution in [0.4, 0.5) is 13.2 Å². The summed E-state index contributed by atoms with van der Waals surface area (Å²) < 4.78 is 65.0. The summed E-state index contributed by atoms with van der Waals surface area (Å²) in [5.41, 5.74) is -0.706. The maximum Gasteiger partial charge on any atom is 0.416 e. The van der Waals surface area contributed by atoms with Crippen LogP contribution in [-0.2, 0) is 16.2 Å². The second-order valence-electron chi connectivity index (χ2n) is 6.13. The zero-order valence-electron chi connectivity index (χ0n) is 14.3. The van der Waals surface area contributed by atoms with Crippen LogP contribution in [0.5, 0.6) is 0 Å². The molecule has 0 saturated carbocycles. The van der Waals surface area contributed by atoms with Crippen molar-refractivity contribution >= 4 is 22.4 Å². The Morgan fingerprint density at radius 1 is 1.24 bits per heavy atom. The van der Waals surface area contributed by atoms with Gasteiger partial charge in [0.15, 0.2) is 0 Å². The molecule has 2 rings (SSSR count). The highest BCUT2D eigenvalue weighted by Crippen LogP contribution is 2.32. The van der Waals surface area contributed by atoms with E-state index < -0.39 is 21.8 Å². The molecule has 1 saturated heterocycles. The van der Waals surface area contributed by atoms with E-state index in [1.807, 2.05) is 6.92 Å². The Morgan fingerprint density at radius 3 is 2.32 bits per heavy atom. The van der Waals surface area contributed by atoms with Gasteiger partial charge in [0.05, 0.1) is 10.5 Å². The highest BCUT2D eigenvalue weighted by Gasteiger charge is 2.34. The van der Waals surface area contributed by atoms with Crippen LogP contribution in [0.3, 0.4) is 0 Å². The number of hydrogen-bond acceptors (Lipinski definition) is 3. The molecule has 25 heavy (non-hydrogen) atoms. The van der Waals surface area contributed by atoms with E-state index in [1.54, 1.807) is 0 Å². The van der Waals surface area contributed by atoms with Gasteiger partial charge in [0.1, 0.15) is 0 Å². The molecule has 0 unspecified atom stereocenters. The van der Waals surface area contributed by atoms with Gasteiger partial charge in [-0.05, 0) is 62.5 Å². The number of hydrogen-bond donors (Lipinski definition) is 1. The van der Waals surface area contributed by atoms with E-state index in [0.717, 1.165) is 44.1 Å². The number of rotatable bonds is 5. The van der Waals surface area contributed by atoms with Crippen molar-refractivity contribution < 1.29 is 21.6 Å². The average Bonchev–Trinajstić information content (AvgIpc) is 2.52. The first-order valence-corrected chi connectivity index (χ1v) is 9.49. The molecule has 1 aliphatic heterocycles. The van der Waals surface area contributed by atoms with Crippen molar-refractivity contribution in [3.8, 4) is 0 Å². The quantitative estimate of drug-likeness (QED) is 0.823. The average molecular weight is 401 g/mol. The SMILES string of the molecule is CCNCC1CCN(S(=O)(=O)c2ccc(C(F)(F)F)cc2C)CC1.Cl. The Bertz CT molecular complexity index is 672. The molecule has 0 bridgehead atoms. The molecule has 4 nitrogen and oxygen atoms in total. The second-order valence-corrected chi connectivity index (χ2v) is 8.04. The van der Waals surface area contributed by atoms with E-state index in [2.05, 4.69) is 5.32 Å². The predicted octanol–water partition coefficient (Wildman–Crippen LogP) is 3.45. The summed E-state index contributed by atoms with van der Waals surface area (Å²) in [6.07, 6.45) is -2.96. The van der Waals surface area contributed by atoms with Gasteiger partial charge in [0.25, 0.3) is 0 Å². The molecular weight excluding hydrogens is 377 g/mol. The largest absolute Gasteiger partial charge is 0.416 e. The Kier molecular flexibility index (Phi) is 7.73. The van der Waals surface area contributed by atoms with Crippen LogP contribution >= 0.6 is 12.4 Å². The van der Waals surface area contributed by atoms with Gasteiger partial charge in [0, 0.05) is 13.1 Å². The third-order valence-electron chi connectivity index (χ3n) is 4.38. The maximum atomic E-state index is 12.7. The molecule has 0 atom stereocenters. The van der Waals surface area contributed by atoms with Crippen molar-refractivity contribution in [2.45, 2.75) is 37.8 Å². The van der Waals surface area contributed by atoms with Crippen LogP contribution in [-0.4, -0.2) is 38.9 Å². The van der Waals surface area contributed by atoms with Gasteiger partial charge in [-0.15, -0.1) is 12.4 Å². The molecule has 1 aromatic carbocycles. The van der Waals surface area contributed by atoms with Crippen molar-refractivity contribution in [2.24, 2.45) is 5.92 Å². The van der Waals surface area contributed by atoms with E-state index in [9.17, 15) is 21.6 Å². The summed E-state index contributed by atoms with van der Waals surface area (Å²) in [5, 5.41) is 3.26. The summed E-state index contributed by atoms with van der Waals surface area (Å²) in [6, 6.07) is 2.79. The lowest BCUT2D eigenvalue weighted by Gasteiger charge is -2.31. The maximum absolute atomic E-state index is 12.7. The van der Waals surface area contributed by atoms with Crippen molar-refractivity contribution in [3.63, 3.8) is 0 Å². The normalized spacial score (nSPS) is 17.3. The van der Waals surface area contributed by atoms with E-state index in [4.69, 9.17) is 0 Å². The summed E-state index contributed by atoms with van der Waals surface area (Å²) in [6.45, 7) is 5.97. The van der Waals surface area contributed by atoms with Crippen molar-refractivity contribution in [2.75, 3.05) is 26.2 Å². The van der Waals surface area contributed by atoms with Crippen LogP contribution in [0.15, 0.2) is 23.1 Å². The summed E-state index contributed by atoms with van der Waals surface area (Å²) in [5.74, 6) is 0.435. The molecule has 0 aliphatic carbocycles. The summed E-state index contributed by atoms with van der Waals surface area (Å²) in [7, 11) is -3.75. The Labute approximate surface area is 153 Å². The minimum atomic E-state index is -4.47. The van der Waals surface area contributed by atoms with Gasteiger partial charge < -0.3 is 5.32 Å². The molecule has 1 aliphatic rings. The second kappa shape index (κ2) is 8.70. The van der Waals surface area contributed by atoms with Crippen LogP contribution < -0.4 is 5.32 Å². The number of piperidine rings is 1. The molecule has 1 aromatic rings. The molecule has 1 fully saturated rings. The fraction of sp³-hybridized carbons (Fsp3) is 0.625. The summed E-state index contributed by atoms with van der Waals surface area (Å²) >= 11 is 0. The molecule has 0 spiro atoms. The molecule has 1 heterocycles. The molecule has 144 valence electrons. The van der Waals surface area contributed by atoms with Gasteiger partial charge in [-0.25, -0.2) is 8.42 Å². The van der Waals surface area contributed by atoms with Gasteiger partial charge in [-0.1, -0.05) is 6.92 Å².